The van der Waals surface area contributed by atoms with Crippen molar-refractivity contribution in [3.05, 3.63) is 29.8 Å². The molecular weight excluding hydrogens is 301 g/mol. The molecule has 0 spiro atoms. The topological polar surface area (TPSA) is 61.5 Å². The molecule has 0 radical (unpaired) electrons. The molecule has 4 nitrogen and oxygen atoms in total. The molecule has 1 atom stereocenters. The number of benzene rings is 1. The molecule has 0 aliphatic heterocycles. The molecule has 1 rings (SSSR count). The number of carbonyl (C=O) groups excluding carboxylic acids is 1. The summed E-state index contributed by atoms with van der Waals surface area (Å²) in [6.45, 7) is 1.05. The third-order valence-corrected chi connectivity index (χ3v) is 2.39. The fourth-order valence-corrected chi connectivity index (χ4v) is 1.47. The van der Waals surface area contributed by atoms with Gasteiger partial charge < -0.3 is 15.2 Å². The minimum absolute atomic E-state index is 0.279. The fraction of sp³-hybridized carbons (Fsp3) is 0.417. The fourth-order valence-electron chi connectivity index (χ4n) is 1.47. The lowest BCUT2D eigenvalue weighted by atomic mass is 10.0. The summed E-state index contributed by atoms with van der Waals surface area (Å²) in [6, 6.07) is 1.56. The summed E-state index contributed by atoms with van der Waals surface area (Å²) in [6.07, 6.45) is -4.97. The van der Waals surface area contributed by atoms with Gasteiger partial charge in [-0.1, -0.05) is 12.1 Å². The maximum Gasteiger partial charge on any atom is 0.573 e. The van der Waals surface area contributed by atoms with Gasteiger partial charge >= 0.3 is 18.3 Å². The standard InChI is InChI=1S/C12H12F5NO3/c1-2-20-10(19)11(13,14)9(18)7-4-3-5-8(6-7)21-12(15,16)17/h3-6,9H,2,18H2,1H3/t9-/m1/s1. The van der Waals surface area contributed by atoms with E-state index in [1.807, 2.05) is 0 Å². The highest BCUT2D eigenvalue weighted by Crippen LogP contribution is 2.33. The molecule has 0 aliphatic carbocycles. The average Bonchev–Trinajstić information content (AvgIpc) is 2.36. The minimum atomic E-state index is -4.97. The molecule has 0 amide bonds. The summed E-state index contributed by atoms with van der Waals surface area (Å²) >= 11 is 0. The molecule has 0 unspecified atom stereocenters. The van der Waals surface area contributed by atoms with E-state index in [4.69, 9.17) is 5.73 Å². The Morgan fingerprint density at radius 2 is 1.90 bits per heavy atom. The van der Waals surface area contributed by atoms with Crippen LogP contribution in [0.2, 0.25) is 0 Å². The van der Waals surface area contributed by atoms with E-state index in [-0.39, 0.29) is 6.61 Å². The smallest absolute Gasteiger partial charge is 0.462 e. The van der Waals surface area contributed by atoms with Gasteiger partial charge in [-0.2, -0.15) is 8.78 Å². The highest BCUT2D eigenvalue weighted by atomic mass is 19.4. The number of ether oxygens (including phenoxy) is 2. The van der Waals surface area contributed by atoms with Crippen molar-refractivity contribution in [3.63, 3.8) is 0 Å². The van der Waals surface area contributed by atoms with Crippen LogP contribution < -0.4 is 10.5 Å². The van der Waals surface area contributed by atoms with Crippen LogP contribution in [0, 0.1) is 0 Å². The zero-order valence-electron chi connectivity index (χ0n) is 10.8. The van der Waals surface area contributed by atoms with Crippen LogP contribution in [-0.4, -0.2) is 24.9 Å². The lowest BCUT2D eigenvalue weighted by Crippen LogP contribution is -2.41. The highest BCUT2D eigenvalue weighted by Gasteiger charge is 2.48. The van der Waals surface area contributed by atoms with Crippen LogP contribution >= 0.6 is 0 Å². The molecule has 0 saturated heterocycles. The van der Waals surface area contributed by atoms with Gasteiger partial charge in [-0.3, -0.25) is 0 Å². The highest BCUT2D eigenvalue weighted by molar-refractivity contribution is 5.78. The lowest BCUT2D eigenvalue weighted by molar-refractivity contribution is -0.274. The second kappa shape index (κ2) is 6.25. The SMILES string of the molecule is CCOC(=O)C(F)(F)[C@H](N)c1cccc(OC(F)(F)F)c1. The summed E-state index contributed by atoms with van der Waals surface area (Å²) in [5.41, 5.74) is 4.86. The second-order valence-corrected chi connectivity index (χ2v) is 3.94. The minimum Gasteiger partial charge on any atom is -0.462 e. The number of rotatable bonds is 5. The first kappa shape index (κ1) is 17.2. The maximum atomic E-state index is 13.7. The first-order valence-electron chi connectivity index (χ1n) is 5.74. The third-order valence-electron chi connectivity index (χ3n) is 2.39. The molecule has 118 valence electrons. The van der Waals surface area contributed by atoms with Crippen molar-refractivity contribution in [1.82, 2.24) is 0 Å². The van der Waals surface area contributed by atoms with Gasteiger partial charge in [0.15, 0.2) is 0 Å². The van der Waals surface area contributed by atoms with Crippen LogP contribution in [0.15, 0.2) is 24.3 Å². The number of carbonyl (C=O) groups is 1. The zero-order valence-corrected chi connectivity index (χ0v) is 10.8. The maximum absolute atomic E-state index is 13.7. The molecule has 2 N–H and O–H groups in total. The summed E-state index contributed by atoms with van der Waals surface area (Å²) in [5, 5.41) is 0. The molecule has 0 heterocycles. The molecule has 9 heteroatoms. The van der Waals surface area contributed by atoms with Crippen molar-refractivity contribution >= 4 is 5.97 Å². The first-order valence-corrected chi connectivity index (χ1v) is 5.74. The van der Waals surface area contributed by atoms with Crippen molar-refractivity contribution in [1.29, 1.82) is 0 Å². The molecule has 1 aromatic rings. The van der Waals surface area contributed by atoms with Gasteiger partial charge in [0, 0.05) is 0 Å². The van der Waals surface area contributed by atoms with E-state index in [0.717, 1.165) is 18.2 Å². The Labute approximate surface area is 116 Å². The van der Waals surface area contributed by atoms with Gasteiger partial charge in [0.25, 0.3) is 0 Å². The Balaban J connectivity index is 2.99. The average molecular weight is 313 g/mol. The van der Waals surface area contributed by atoms with Crippen molar-refractivity contribution in [2.24, 2.45) is 5.73 Å². The van der Waals surface area contributed by atoms with Crippen molar-refractivity contribution in [2.75, 3.05) is 6.61 Å². The molecule has 0 bridgehead atoms. The Morgan fingerprint density at radius 3 is 2.43 bits per heavy atom. The first-order chi connectivity index (χ1) is 9.58. The van der Waals surface area contributed by atoms with E-state index in [1.165, 1.54) is 6.92 Å². The number of hydrogen-bond acceptors (Lipinski definition) is 4. The van der Waals surface area contributed by atoms with E-state index < -0.39 is 35.6 Å². The Morgan fingerprint density at radius 1 is 1.29 bits per heavy atom. The van der Waals surface area contributed by atoms with Crippen LogP contribution in [0.1, 0.15) is 18.5 Å². The van der Waals surface area contributed by atoms with E-state index in [0.29, 0.717) is 6.07 Å². The predicted octanol–water partition coefficient (Wildman–Crippen LogP) is 2.78. The number of nitrogens with two attached hydrogens (primary N) is 1. The largest absolute Gasteiger partial charge is 0.573 e. The van der Waals surface area contributed by atoms with Crippen LogP contribution in [0.25, 0.3) is 0 Å². The molecular formula is C12H12F5NO3. The van der Waals surface area contributed by atoms with E-state index >= 15 is 0 Å². The van der Waals surface area contributed by atoms with Gasteiger partial charge in [0.05, 0.1) is 6.61 Å². The van der Waals surface area contributed by atoms with Crippen molar-refractivity contribution in [3.8, 4) is 5.75 Å². The quantitative estimate of drug-likeness (QED) is 0.671. The number of esters is 1. The van der Waals surface area contributed by atoms with Crippen molar-refractivity contribution < 1.29 is 36.2 Å². The summed E-state index contributed by atoms with van der Waals surface area (Å²) in [4.78, 5) is 11.1. The molecule has 21 heavy (non-hydrogen) atoms. The van der Waals surface area contributed by atoms with Crippen LogP contribution in [0.4, 0.5) is 22.0 Å². The Hall–Kier alpha value is -1.90. The normalized spacial score (nSPS) is 13.7. The van der Waals surface area contributed by atoms with E-state index in [1.54, 1.807) is 0 Å². The molecule has 0 aliphatic rings. The number of halogens is 5. The number of alkyl halides is 5. The summed E-state index contributed by atoms with van der Waals surface area (Å²) in [5.74, 6) is -6.64. The van der Waals surface area contributed by atoms with Gasteiger partial charge in [0.2, 0.25) is 0 Å². The third kappa shape index (κ3) is 4.55. The summed E-state index contributed by atoms with van der Waals surface area (Å²) in [7, 11) is 0. The van der Waals surface area contributed by atoms with Crippen molar-refractivity contribution in [2.45, 2.75) is 25.3 Å². The predicted molar refractivity (Wildman–Crippen MR) is 61.6 cm³/mol. The van der Waals surface area contributed by atoms with Crippen LogP contribution in [0.3, 0.4) is 0 Å². The van der Waals surface area contributed by atoms with E-state index in [9.17, 15) is 26.7 Å². The van der Waals surface area contributed by atoms with Crippen LogP contribution in [0.5, 0.6) is 5.75 Å². The van der Waals surface area contributed by atoms with Gasteiger partial charge in [-0.15, -0.1) is 13.2 Å². The lowest BCUT2D eigenvalue weighted by Gasteiger charge is -2.22. The zero-order chi connectivity index (χ0) is 16.3. The Kier molecular flexibility index (Phi) is 5.10. The van der Waals surface area contributed by atoms with Gasteiger partial charge in [-0.05, 0) is 24.6 Å². The molecule has 0 fully saturated rings. The Bertz CT molecular complexity index is 504. The molecule has 1 aromatic carbocycles. The molecule has 0 aromatic heterocycles. The summed E-state index contributed by atoms with van der Waals surface area (Å²) < 4.78 is 71.3. The van der Waals surface area contributed by atoms with Crippen LogP contribution in [-0.2, 0) is 9.53 Å². The number of hydrogen-bond donors (Lipinski definition) is 1. The van der Waals surface area contributed by atoms with E-state index in [2.05, 4.69) is 9.47 Å². The second-order valence-electron chi connectivity index (χ2n) is 3.94. The molecule has 0 saturated carbocycles. The monoisotopic (exact) mass is 313 g/mol. The van der Waals surface area contributed by atoms with Gasteiger partial charge in [-0.25, -0.2) is 4.79 Å². The van der Waals surface area contributed by atoms with Gasteiger partial charge in [0.1, 0.15) is 11.8 Å².